The Hall–Kier alpha value is -2.44. The molecule has 0 fully saturated rings. The minimum Gasteiger partial charge on any atom is -0.352 e. The van der Waals surface area contributed by atoms with Gasteiger partial charge in [0.15, 0.2) is 0 Å². The van der Waals surface area contributed by atoms with Gasteiger partial charge in [-0.15, -0.1) is 0 Å². The number of amides is 2. The van der Waals surface area contributed by atoms with Crippen molar-refractivity contribution >= 4 is 23.2 Å². The lowest BCUT2D eigenvalue weighted by atomic mass is 10.1. The third kappa shape index (κ3) is 4.87. The number of carbonyl (C=O) groups is 2. The first-order valence-corrected chi connectivity index (χ1v) is 6.86. The molecule has 1 aromatic rings. The fourth-order valence-corrected chi connectivity index (χ4v) is 1.75. The molecule has 1 aromatic carbocycles. The molecule has 1 rings (SSSR count). The van der Waals surface area contributed by atoms with Crippen molar-refractivity contribution in [2.24, 2.45) is 0 Å². The summed E-state index contributed by atoms with van der Waals surface area (Å²) >= 11 is 0. The van der Waals surface area contributed by atoms with Gasteiger partial charge in [0.25, 0.3) is 11.6 Å². The molecular formula is C14H19N3O4. The van der Waals surface area contributed by atoms with E-state index in [1.165, 1.54) is 18.2 Å². The van der Waals surface area contributed by atoms with Crippen LogP contribution >= 0.6 is 0 Å². The number of hydrogen-bond acceptors (Lipinski definition) is 4. The van der Waals surface area contributed by atoms with Crippen molar-refractivity contribution in [2.45, 2.75) is 33.1 Å². The van der Waals surface area contributed by atoms with Crippen LogP contribution in [0.1, 0.15) is 43.5 Å². The Bertz CT molecular complexity index is 543. The lowest BCUT2D eigenvalue weighted by Crippen LogP contribution is -2.24. The van der Waals surface area contributed by atoms with Gasteiger partial charge < -0.3 is 10.6 Å². The highest BCUT2D eigenvalue weighted by atomic mass is 16.6. The molecule has 0 unspecified atom stereocenters. The maximum atomic E-state index is 11.9. The van der Waals surface area contributed by atoms with Gasteiger partial charge in [0.2, 0.25) is 5.91 Å². The van der Waals surface area contributed by atoms with Crippen molar-refractivity contribution in [3.8, 4) is 0 Å². The van der Waals surface area contributed by atoms with Crippen LogP contribution in [0, 0.1) is 10.1 Å². The van der Waals surface area contributed by atoms with Crippen LogP contribution in [0.15, 0.2) is 18.2 Å². The zero-order valence-electron chi connectivity index (χ0n) is 12.1. The van der Waals surface area contributed by atoms with Crippen LogP contribution in [-0.4, -0.2) is 23.3 Å². The van der Waals surface area contributed by atoms with E-state index in [-0.39, 0.29) is 28.8 Å². The van der Waals surface area contributed by atoms with Crippen molar-refractivity contribution < 1.29 is 14.5 Å². The molecule has 114 valence electrons. The lowest BCUT2D eigenvalue weighted by Gasteiger charge is -2.10. The summed E-state index contributed by atoms with van der Waals surface area (Å²) in [6.45, 7) is 4.16. The molecule has 0 aliphatic rings. The van der Waals surface area contributed by atoms with Gasteiger partial charge in [-0.25, -0.2) is 0 Å². The molecular weight excluding hydrogens is 274 g/mol. The fraction of sp³-hybridized carbons (Fsp3) is 0.429. The van der Waals surface area contributed by atoms with Crippen molar-refractivity contribution in [1.29, 1.82) is 0 Å². The topological polar surface area (TPSA) is 101 Å². The van der Waals surface area contributed by atoms with Crippen LogP contribution in [-0.2, 0) is 4.79 Å². The third-order valence-corrected chi connectivity index (χ3v) is 2.83. The summed E-state index contributed by atoms with van der Waals surface area (Å²) in [4.78, 5) is 33.9. The summed E-state index contributed by atoms with van der Waals surface area (Å²) in [5, 5.41) is 16.0. The molecule has 0 aliphatic carbocycles. The molecule has 0 bridgehead atoms. The third-order valence-electron chi connectivity index (χ3n) is 2.83. The largest absolute Gasteiger partial charge is 0.352 e. The molecule has 0 saturated carbocycles. The van der Waals surface area contributed by atoms with E-state index in [0.29, 0.717) is 13.0 Å². The summed E-state index contributed by atoms with van der Waals surface area (Å²) in [7, 11) is 0. The molecule has 0 aliphatic heterocycles. The van der Waals surface area contributed by atoms with Gasteiger partial charge >= 0.3 is 0 Å². The average Bonchev–Trinajstić information content (AvgIpc) is 2.45. The molecule has 0 heterocycles. The number of nitro groups is 1. The monoisotopic (exact) mass is 293 g/mol. The van der Waals surface area contributed by atoms with Gasteiger partial charge in [0, 0.05) is 25.1 Å². The second-order valence-corrected chi connectivity index (χ2v) is 4.50. The van der Waals surface area contributed by atoms with E-state index in [1.807, 2.05) is 6.92 Å². The normalized spacial score (nSPS) is 10.0. The number of nitrogens with zero attached hydrogens (tertiary/aromatic N) is 1. The minimum atomic E-state index is -0.566. The first-order chi connectivity index (χ1) is 9.99. The van der Waals surface area contributed by atoms with E-state index in [1.54, 1.807) is 6.92 Å². The van der Waals surface area contributed by atoms with Gasteiger partial charge in [-0.05, 0) is 19.4 Å². The lowest BCUT2D eigenvalue weighted by molar-refractivity contribution is -0.384. The number of nitrogens with one attached hydrogen (secondary N) is 2. The first-order valence-electron chi connectivity index (χ1n) is 6.86. The Balaban J connectivity index is 3.05. The molecule has 21 heavy (non-hydrogen) atoms. The number of unbranched alkanes of at least 4 members (excludes halogenated alkanes) is 1. The van der Waals surface area contributed by atoms with Gasteiger partial charge in [0.05, 0.1) is 16.2 Å². The van der Waals surface area contributed by atoms with E-state index in [2.05, 4.69) is 10.6 Å². The van der Waals surface area contributed by atoms with E-state index in [4.69, 9.17) is 0 Å². The Labute approximate surface area is 122 Å². The average molecular weight is 293 g/mol. The van der Waals surface area contributed by atoms with Gasteiger partial charge in [-0.3, -0.25) is 19.7 Å². The number of anilines is 1. The Morgan fingerprint density at radius 2 is 2.00 bits per heavy atom. The molecule has 0 atom stereocenters. The highest BCUT2D eigenvalue weighted by molar-refractivity contribution is 6.04. The van der Waals surface area contributed by atoms with Crippen molar-refractivity contribution in [3.63, 3.8) is 0 Å². The quantitative estimate of drug-likeness (QED) is 0.595. The summed E-state index contributed by atoms with van der Waals surface area (Å²) < 4.78 is 0. The van der Waals surface area contributed by atoms with Crippen LogP contribution in [0.3, 0.4) is 0 Å². The molecule has 0 saturated heterocycles. The molecule has 7 heteroatoms. The molecule has 0 radical (unpaired) electrons. The molecule has 7 nitrogen and oxygen atoms in total. The summed E-state index contributed by atoms with van der Waals surface area (Å²) in [5.74, 6) is -0.638. The van der Waals surface area contributed by atoms with Crippen molar-refractivity contribution in [2.75, 3.05) is 11.9 Å². The number of rotatable bonds is 7. The molecule has 2 N–H and O–H groups in total. The van der Waals surface area contributed by atoms with E-state index < -0.39 is 4.92 Å². The zero-order chi connectivity index (χ0) is 15.8. The highest BCUT2D eigenvalue weighted by Gasteiger charge is 2.17. The van der Waals surface area contributed by atoms with Gasteiger partial charge in [-0.1, -0.05) is 13.3 Å². The number of non-ortho nitro benzene ring substituents is 1. The van der Waals surface area contributed by atoms with E-state index >= 15 is 0 Å². The number of hydrogen-bond donors (Lipinski definition) is 2. The van der Waals surface area contributed by atoms with Crippen LogP contribution in [0.5, 0.6) is 0 Å². The minimum absolute atomic E-state index is 0.163. The Morgan fingerprint density at radius 1 is 1.29 bits per heavy atom. The van der Waals surface area contributed by atoms with E-state index in [9.17, 15) is 19.7 Å². The first kappa shape index (κ1) is 16.6. The number of carbonyl (C=O) groups excluding carboxylic acids is 2. The fourth-order valence-electron chi connectivity index (χ4n) is 1.75. The summed E-state index contributed by atoms with van der Waals surface area (Å²) in [6.07, 6.45) is 1.90. The summed E-state index contributed by atoms with van der Waals surface area (Å²) in [6, 6.07) is 3.79. The number of nitro benzene ring substituents is 1. The molecule has 0 aromatic heterocycles. The molecule has 0 spiro atoms. The zero-order valence-corrected chi connectivity index (χ0v) is 12.1. The highest BCUT2D eigenvalue weighted by Crippen LogP contribution is 2.23. The second-order valence-electron chi connectivity index (χ2n) is 4.50. The number of benzene rings is 1. The predicted molar refractivity (Wildman–Crippen MR) is 79.3 cm³/mol. The van der Waals surface area contributed by atoms with Gasteiger partial charge in [0.1, 0.15) is 0 Å². The van der Waals surface area contributed by atoms with Crippen LogP contribution in [0.25, 0.3) is 0 Å². The Morgan fingerprint density at radius 3 is 2.57 bits per heavy atom. The maximum absolute atomic E-state index is 11.9. The van der Waals surface area contributed by atoms with Gasteiger partial charge in [-0.2, -0.15) is 0 Å². The standard InChI is InChI=1S/C14H19N3O4/c1-3-5-6-13(18)16-12-9-10(17(20)21)7-8-11(12)14(19)15-4-2/h7-9H,3-6H2,1-2H3,(H,15,19)(H,16,18). The van der Waals surface area contributed by atoms with Crippen LogP contribution in [0.2, 0.25) is 0 Å². The van der Waals surface area contributed by atoms with Crippen molar-refractivity contribution in [1.82, 2.24) is 5.32 Å². The van der Waals surface area contributed by atoms with E-state index in [0.717, 1.165) is 12.8 Å². The predicted octanol–water partition coefficient (Wildman–Crippen LogP) is 2.47. The molecule has 2 amide bonds. The second kappa shape index (κ2) is 7.98. The van der Waals surface area contributed by atoms with Crippen molar-refractivity contribution in [3.05, 3.63) is 33.9 Å². The smallest absolute Gasteiger partial charge is 0.271 e. The summed E-state index contributed by atoms with van der Waals surface area (Å²) in [5.41, 5.74) is 0.206. The SMILES string of the molecule is CCCCC(=O)Nc1cc([N+](=O)[O-])ccc1C(=O)NCC. The Kier molecular flexibility index (Phi) is 6.32. The van der Waals surface area contributed by atoms with Crippen LogP contribution < -0.4 is 10.6 Å². The maximum Gasteiger partial charge on any atom is 0.271 e. The van der Waals surface area contributed by atoms with Crippen LogP contribution in [0.4, 0.5) is 11.4 Å².